The van der Waals surface area contributed by atoms with E-state index >= 15 is 0 Å². The van der Waals surface area contributed by atoms with Crippen LogP contribution in [0.4, 0.5) is 0 Å². The SMILES string of the molecule is Cc1ccc(C(=O)N2CCNCC2c2nccn2C)s1. The molecule has 0 aliphatic carbocycles. The Labute approximate surface area is 122 Å². The maximum atomic E-state index is 12.7. The maximum Gasteiger partial charge on any atom is 0.264 e. The van der Waals surface area contributed by atoms with E-state index in [1.54, 1.807) is 17.5 Å². The number of aryl methyl sites for hydroxylation is 2. The van der Waals surface area contributed by atoms with Crippen LogP contribution in [-0.4, -0.2) is 40.0 Å². The fraction of sp³-hybridized carbons (Fsp3) is 0.429. The lowest BCUT2D eigenvalue weighted by atomic mass is 10.1. The zero-order valence-corrected chi connectivity index (χ0v) is 12.5. The van der Waals surface area contributed by atoms with E-state index < -0.39 is 0 Å². The molecule has 0 saturated carbocycles. The predicted octanol–water partition coefficient (Wildman–Crippen LogP) is 1.58. The standard InChI is InChI=1S/C14H18N4OS/c1-10-3-4-12(20-10)14(19)18-8-5-15-9-11(18)13-16-6-7-17(13)2/h3-4,6-7,11,15H,5,8-9H2,1-2H3. The molecule has 1 aliphatic rings. The van der Waals surface area contributed by atoms with Gasteiger partial charge in [-0.15, -0.1) is 11.3 Å². The second-order valence-electron chi connectivity index (χ2n) is 5.03. The van der Waals surface area contributed by atoms with Crippen molar-refractivity contribution >= 4 is 17.2 Å². The Kier molecular flexibility index (Phi) is 3.58. The van der Waals surface area contributed by atoms with Gasteiger partial charge in [0.2, 0.25) is 0 Å². The van der Waals surface area contributed by atoms with Crippen LogP contribution < -0.4 is 5.32 Å². The fourth-order valence-electron chi connectivity index (χ4n) is 2.57. The number of aromatic nitrogens is 2. The lowest BCUT2D eigenvalue weighted by molar-refractivity contribution is 0.0626. The minimum atomic E-state index is -0.00124. The van der Waals surface area contributed by atoms with Crippen LogP contribution in [0.15, 0.2) is 24.5 Å². The van der Waals surface area contributed by atoms with Crippen molar-refractivity contribution in [2.45, 2.75) is 13.0 Å². The maximum absolute atomic E-state index is 12.7. The molecule has 0 bridgehead atoms. The van der Waals surface area contributed by atoms with E-state index in [0.29, 0.717) is 6.54 Å². The number of carbonyl (C=O) groups is 1. The highest BCUT2D eigenvalue weighted by molar-refractivity contribution is 7.13. The fourth-order valence-corrected chi connectivity index (χ4v) is 3.39. The van der Waals surface area contributed by atoms with Gasteiger partial charge in [0.05, 0.1) is 4.88 Å². The summed E-state index contributed by atoms with van der Waals surface area (Å²) in [4.78, 5) is 21.0. The third kappa shape index (κ3) is 2.36. The van der Waals surface area contributed by atoms with Crippen LogP contribution in [0.25, 0.3) is 0 Å². The van der Waals surface area contributed by atoms with Gasteiger partial charge in [-0.05, 0) is 19.1 Å². The third-order valence-corrected chi connectivity index (χ3v) is 4.60. The smallest absolute Gasteiger partial charge is 0.264 e. The molecule has 20 heavy (non-hydrogen) atoms. The molecule has 1 amide bonds. The van der Waals surface area contributed by atoms with E-state index in [0.717, 1.165) is 28.7 Å². The minimum absolute atomic E-state index is 0.00124. The lowest BCUT2D eigenvalue weighted by Gasteiger charge is -2.35. The molecule has 1 fully saturated rings. The Morgan fingerprint density at radius 3 is 3.00 bits per heavy atom. The molecular weight excluding hydrogens is 272 g/mol. The number of imidazole rings is 1. The van der Waals surface area contributed by atoms with Gasteiger partial charge in [0.25, 0.3) is 5.91 Å². The van der Waals surface area contributed by atoms with E-state index in [4.69, 9.17) is 0 Å². The van der Waals surface area contributed by atoms with Crippen molar-refractivity contribution in [3.8, 4) is 0 Å². The van der Waals surface area contributed by atoms with Crippen LogP contribution in [-0.2, 0) is 7.05 Å². The molecule has 106 valence electrons. The zero-order chi connectivity index (χ0) is 14.1. The molecule has 0 aromatic carbocycles. The molecule has 6 heteroatoms. The van der Waals surface area contributed by atoms with Crippen molar-refractivity contribution in [2.24, 2.45) is 7.05 Å². The number of amides is 1. The van der Waals surface area contributed by atoms with Crippen molar-refractivity contribution in [2.75, 3.05) is 19.6 Å². The first-order valence-corrected chi connectivity index (χ1v) is 7.54. The van der Waals surface area contributed by atoms with Crippen LogP contribution in [0, 0.1) is 6.92 Å². The summed E-state index contributed by atoms with van der Waals surface area (Å²) in [6.45, 7) is 4.32. The first-order valence-electron chi connectivity index (χ1n) is 6.72. The van der Waals surface area contributed by atoms with Crippen LogP contribution in [0.3, 0.4) is 0 Å². The van der Waals surface area contributed by atoms with Crippen LogP contribution >= 0.6 is 11.3 Å². The number of rotatable bonds is 2. The number of carbonyl (C=O) groups excluding carboxylic acids is 1. The van der Waals surface area contributed by atoms with Crippen molar-refractivity contribution in [3.63, 3.8) is 0 Å². The average Bonchev–Trinajstić information content (AvgIpc) is 3.07. The van der Waals surface area contributed by atoms with Gasteiger partial charge in [0, 0.05) is 44.0 Å². The highest BCUT2D eigenvalue weighted by atomic mass is 32.1. The van der Waals surface area contributed by atoms with Crippen molar-refractivity contribution < 1.29 is 4.79 Å². The van der Waals surface area contributed by atoms with E-state index in [2.05, 4.69) is 10.3 Å². The highest BCUT2D eigenvalue weighted by Crippen LogP contribution is 2.25. The van der Waals surface area contributed by atoms with Crippen LogP contribution in [0.2, 0.25) is 0 Å². The first-order chi connectivity index (χ1) is 9.66. The summed E-state index contributed by atoms with van der Waals surface area (Å²) in [6.07, 6.45) is 3.70. The summed E-state index contributed by atoms with van der Waals surface area (Å²) in [7, 11) is 1.97. The normalized spacial score (nSPS) is 19.3. The average molecular weight is 290 g/mol. The summed E-state index contributed by atoms with van der Waals surface area (Å²) < 4.78 is 1.98. The molecule has 2 aromatic heterocycles. The first kappa shape index (κ1) is 13.3. The molecule has 1 N–H and O–H groups in total. The zero-order valence-electron chi connectivity index (χ0n) is 11.7. The van der Waals surface area contributed by atoms with Gasteiger partial charge in [0.15, 0.2) is 0 Å². The summed E-state index contributed by atoms with van der Waals surface area (Å²) in [5, 5.41) is 3.35. The molecular formula is C14H18N4OS. The largest absolute Gasteiger partial charge is 0.336 e. The van der Waals surface area contributed by atoms with Gasteiger partial charge < -0.3 is 14.8 Å². The van der Waals surface area contributed by atoms with E-state index in [1.165, 1.54) is 0 Å². The number of piperazine rings is 1. The summed E-state index contributed by atoms with van der Waals surface area (Å²) in [5.74, 6) is 1.04. The van der Waals surface area contributed by atoms with E-state index in [9.17, 15) is 4.79 Å². The summed E-state index contributed by atoms with van der Waals surface area (Å²) >= 11 is 1.55. The van der Waals surface area contributed by atoms with Crippen LogP contribution in [0.5, 0.6) is 0 Å². The highest BCUT2D eigenvalue weighted by Gasteiger charge is 2.31. The Balaban J connectivity index is 1.89. The Hall–Kier alpha value is -1.66. The second kappa shape index (κ2) is 5.38. The minimum Gasteiger partial charge on any atom is -0.336 e. The monoisotopic (exact) mass is 290 g/mol. The number of nitrogens with zero attached hydrogens (tertiary/aromatic N) is 3. The molecule has 1 atom stereocenters. The van der Waals surface area contributed by atoms with Crippen molar-refractivity contribution in [1.29, 1.82) is 0 Å². The Morgan fingerprint density at radius 2 is 2.35 bits per heavy atom. The number of thiophene rings is 1. The quantitative estimate of drug-likeness (QED) is 0.913. The van der Waals surface area contributed by atoms with Gasteiger partial charge in [-0.3, -0.25) is 4.79 Å². The topological polar surface area (TPSA) is 50.2 Å². The van der Waals surface area contributed by atoms with E-state index in [-0.39, 0.29) is 11.9 Å². The van der Waals surface area contributed by atoms with Crippen molar-refractivity contribution in [3.05, 3.63) is 40.1 Å². The van der Waals surface area contributed by atoms with Gasteiger partial charge in [-0.25, -0.2) is 4.98 Å². The van der Waals surface area contributed by atoms with Gasteiger partial charge in [-0.1, -0.05) is 0 Å². The molecule has 3 heterocycles. The molecule has 3 rings (SSSR count). The second-order valence-corrected chi connectivity index (χ2v) is 6.31. The van der Waals surface area contributed by atoms with Crippen LogP contribution in [0.1, 0.15) is 26.4 Å². The molecule has 1 aliphatic heterocycles. The van der Waals surface area contributed by atoms with Crippen molar-refractivity contribution in [1.82, 2.24) is 19.8 Å². The summed E-state index contributed by atoms with van der Waals surface area (Å²) in [6, 6.07) is 3.91. The molecule has 1 saturated heterocycles. The lowest BCUT2D eigenvalue weighted by Crippen LogP contribution is -2.49. The van der Waals surface area contributed by atoms with Gasteiger partial charge in [-0.2, -0.15) is 0 Å². The molecule has 5 nitrogen and oxygen atoms in total. The number of hydrogen-bond donors (Lipinski definition) is 1. The number of nitrogens with one attached hydrogen (secondary N) is 1. The molecule has 1 unspecified atom stereocenters. The molecule has 0 radical (unpaired) electrons. The van der Waals surface area contributed by atoms with Gasteiger partial charge >= 0.3 is 0 Å². The molecule has 0 spiro atoms. The Bertz CT molecular complexity index is 618. The predicted molar refractivity (Wildman–Crippen MR) is 78.9 cm³/mol. The molecule has 2 aromatic rings. The van der Waals surface area contributed by atoms with Gasteiger partial charge in [0.1, 0.15) is 11.9 Å². The number of hydrogen-bond acceptors (Lipinski definition) is 4. The Morgan fingerprint density at radius 1 is 1.50 bits per heavy atom. The third-order valence-electron chi connectivity index (χ3n) is 3.61. The summed E-state index contributed by atoms with van der Waals surface area (Å²) in [5.41, 5.74) is 0. The van der Waals surface area contributed by atoms with E-state index in [1.807, 2.05) is 41.8 Å².